The lowest BCUT2D eigenvalue weighted by atomic mass is 9.70. The fraction of sp³-hybridized carbons (Fsp3) is 0.186. The fourth-order valence-electron chi connectivity index (χ4n) is 8.41. The number of hydrogen-bond donors (Lipinski definition) is 0. The van der Waals surface area contributed by atoms with Crippen molar-refractivity contribution in [3.05, 3.63) is 162 Å². The van der Waals surface area contributed by atoms with Gasteiger partial charge in [-0.2, -0.15) is 0 Å². The molecule has 0 saturated carbocycles. The quantitative estimate of drug-likeness (QED) is 0.168. The number of hydrogen-bond acceptors (Lipinski definition) is 3. The Morgan fingerprint density at radius 3 is 1.83 bits per heavy atom. The molecule has 4 aromatic rings. The third-order valence-electron chi connectivity index (χ3n) is 10.8. The van der Waals surface area contributed by atoms with Crippen LogP contribution in [-0.2, 0) is 10.8 Å². The zero-order chi connectivity index (χ0) is 33.1. The Balaban J connectivity index is 1.26. The van der Waals surface area contributed by atoms with Gasteiger partial charge in [0, 0.05) is 42.7 Å². The standard InChI is InChI=1S/C43H32Br2N2O/c1-42(2)29-13-5-9-17-35(29)46(36-18-10-6-14-30(36)42)39-23-25-26-24-40(34(45)22-28(26)41(48)27(25)21-33(39)44)47-37-19-11-7-15-31(37)43(3,4)32-16-8-12-20-38(32)47/h5,7,9,11,13-24H,6,10H2,1-4H3. The van der Waals surface area contributed by atoms with E-state index >= 15 is 0 Å². The molecule has 0 radical (unpaired) electrons. The van der Waals surface area contributed by atoms with Gasteiger partial charge in [0.05, 0.1) is 28.4 Å². The maximum atomic E-state index is 14.1. The van der Waals surface area contributed by atoms with Gasteiger partial charge in [0.1, 0.15) is 0 Å². The SMILES string of the molecule is CC1(C)C2=CCCC=C2N(c2cc3c(cc2Br)C(=O)c2cc(Br)c(N4C5=C(C=C=C=C5)C(C)(C)c5ccccc54)cc2-3)c2ccccc21. The summed E-state index contributed by atoms with van der Waals surface area (Å²) in [5.41, 5.74) is 21.1. The van der Waals surface area contributed by atoms with E-state index in [0.717, 1.165) is 55.7 Å². The fourth-order valence-corrected chi connectivity index (χ4v) is 9.45. The number of carbonyl (C=O) groups is 1. The van der Waals surface area contributed by atoms with Crippen LogP contribution < -0.4 is 9.80 Å². The Hall–Kier alpha value is -4.37. The minimum Gasteiger partial charge on any atom is -0.309 e. The van der Waals surface area contributed by atoms with Gasteiger partial charge in [-0.1, -0.05) is 87.7 Å². The van der Waals surface area contributed by atoms with Crippen LogP contribution in [-0.4, -0.2) is 5.78 Å². The molecule has 0 atom stereocenters. The summed E-state index contributed by atoms with van der Waals surface area (Å²) in [6.45, 7) is 9.19. The van der Waals surface area contributed by atoms with Crippen molar-refractivity contribution in [1.82, 2.24) is 0 Å². The highest BCUT2D eigenvalue weighted by Gasteiger charge is 2.42. The zero-order valence-corrected chi connectivity index (χ0v) is 30.4. The van der Waals surface area contributed by atoms with Gasteiger partial charge in [0.25, 0.3) is 0 Å². The molecule has 0 spiro atoms. The number of para-hydroxylation sites is 2. The molecule has 3 aliphatic carbocycles. The normalized spacial score (nSPS) is 18.8. The molecule has 0 N–H and O–H groups in total. The summed E-state index contributed by atoms with van der Waals surface area (Å²) >= 11 is 7.83. The largest absolute Gasteiger partial charge is 0.309 e. The van der Waals surface area contributed by atoms with Gasteiger partial charge in [0.2, 0.25) is 0 Å². The van der Waals surface area contributed by atoms with Gasteiger partial charge in [-0.25, -0.2) is 0 Å². The van der Waals surface area contributed by atoms with E-state index in [4.69, 9.17) is 0 Å². The predicted octanol–water partition coefficient (Wildman–Crippen LogP) is 12.0. The summed E-state index contributed by atoms with van der Waals surface area (Å²) in [7, 11) is 0. The lowest BCUT2D eigenvalue weighted by molar-refractivity contribution is 0.104. The number of anilines is 4. The maximum Gasteiger partial charge on any atom is 0.194 e. The van der Waals surface area contributed by atoms with Gasteiger partial charge in [-0.05, 0) is 121 Å². The lowest BCUT2D eigenvalue weighted by Gasteiger charge is -2.45. The highest BCUT2D eigenvalue weighted by molar-refractivity contribution is 9.11. The molecule has 4 aromatic carbocycles. The maximum absolute atomic E-state index is 14.1. The van der Waals surface area contributed by atoms with E-state index in [0.29, 0.717) is 11.1 Å². The van der Waals surface area contributed by atoms with Gasteiger partial charge in [-0.3, -0.25) is 4.79 Å². The average Bonchev–Trinajstić information content (AvgIpc) is 3.34. The molecular formula is C43H32Br2N2O. The molecular weight excluding hydrogens is 720 g/mol. The summed E-state index contributed by atoms with van der Waals surface area (Å²) < 4.78 is 1.76. The first-order valence-electron chi connectivity index (χ1n) is 16.4. The van der Waals surface area contributed by atoms with Crippen LogP contribution in [0.4, 0.5) is 22.7 Å². The topological polar surface area (TPSA) is 23.6 Å². The Bertz CT molecular complexity index is 2370. The number of fused-ring (bicyclic) bond motifs is 6. The van der Waals surface area contributed by atoms with Gasteiger partial charge in [-0.15, -0.1) is 0 Å². The number of carbonyl (C=O) groups excluding carboxylic acids is 1. The van der Waals surface area contributed by atoms with E-state index < -0.39 is 0 Å². The Morgan fingerprint density at radius 1 is 0.625 bits per heavy atom. The average molecular weight is 753 g/mol. The third kappa shape index (κ3) is 3.97. The molecule has 0 saturated heterocycles. The number of ketones is 1. The van der Waals surface area contributed by atoms with E-state index in [-0.39, 0.29) is 16.6 Å². The number of benzene rings is 4. The third-order valence-corrected chi connectivity index (χ3v) is 12.1. The molecule has 9 rings (SSSR count). The molecule has 0 aromatic heterocycles. The summed E-state index contributed by atoms with van der Waals surface area (Å²) in [5.74, 6) is 0.0423. The number of nitrogens with zero attached hydrogens (tertiary/aromatic N) is 2. The first-order valence-corrected chi connectivity index (χ1v) is 18.0. The lowest BCUT2D eigenvalue weighted by Crippen LogP contribution is -2.36. The second-order valence-corrected chi connectivity index (χ2v) is 15.9. The van der Waals surface area contributed by atoms with Crippen LogP contribution in [0.5, 0.6) is 0 Å². The van der Waals surface area contributed by atoms with Crippen molar-refractivity contribution in [1.29, 1.82) is 0 Å². The van der Waals surface area contributed by atoms with E-state index in [1.54, 1.807) is 0 Å². The highest BCUT2D eigenvalue weighted by atomic mass is 79.9. The van der Waals surface area contributed by atoms with Crippen molar-refractivity contribution in [3.8, 4) is 11.1 Å². The van der Waals surface area contributed by atoms with Crippen LogP contribution >= 0.6 is 31.9 Å². The summed E-state index contributed by atoms with van der Waals surface area (Å²) in [5, 5.41) is 0. The van der Waals surface area contributed by atoms with Gasteiger partial charge < -0.3 is 9.80 Å². The van der Waals surface area contributed by atoms with E-state index in [9.17, 15) is 4.79 Å². The van der Waals surface area contributed by atoms with Crippen LogP contribution in [0.25, 0.3) is 11.1 Å². The van der Waals surface area contributed by atoms with E-state index in [2.05, 4.69) is 160 Å². The van der Waals surface area contributed by atoms with Crippen LogP contribution in [0.3, 0.4) is 0 Å². The van der Waals surface area contributed by atoms with Crippen molar-refractivity contribution in [2.24, 2.45) is 0 Å². The molecule has 2 aliphatic heterocycles. The summed E-state index contributed by atoms with van der Waals surface area (Å²) in [6, 6.07) is 25.8. The molecule has 0 fully saturated rings. The minimum absolute atomic E-state index is 0.0423. The summed E-state index contributed by atoms with van der Waals surface area (Å²) in [4.78, 5) is 18.8. The number of allylic oxidation sites excluding steroid dienone is 6. The molecule has 0 unspecified atom stereocenters. The van der Waals surface area contributed by atoms with Crippen LogP contribution in [0.1, 0.15) is 67.6 Å². The van der Waals surface area contributed by atoms with Crippen molar-refractivity contribution >= 4 is 60.4 Å². The van der Waals surface area contributed by atoms with Crippen molar-refractivity contribution in [2.75, 3.05) is 9.80 Å². The van der Waals surface area contributed by atoms with Crippen molar-refractivity contribution in [2.45, 2.75) is 51.4 Å². The minimum atomic E-state index is -0.207. The highest BCUT2D eigenvalue weighted by Crippen LogP contribution is 2.56. The first kappa shape index (κ1) is 29.7. The van der Waals surface area contributed by atoms with Crippen molar-refractivity contribution < 1.29 is 4.79 Å². The van der Waals surface area contributed by atoms with Crippen LogP contribution in [0, 0.1) is 0 Å². The molecule has 5 heteroatoms. The smallest absolute Gasteiger partial charge is 0.194 e. The molecule has 0 bridgehead atoms. The predicted molar refractivity (Wildman–Crippen MR) is 203 cm³/mol. The van der Waals surface area contributed by atoms with Crippen LogP contribution in [0.2, 0.25) is 0 Å². The summed E-state index contributed by atoms with van der Waals surface area (Å²) in [6.07, 6.45) is 10.9. The molecule has 0 amide bonds. The van der Waals surface area contributed by atoms with Crippen molar-refractivity contribution in [3.63, 3.8) is 0 Å². The Kier molecular flexibility index (Phi) is 6.39. The van der Waals surface area contributed by atoms with Crippen LogP contribution in [0.15, 0.2) is 140 Å². The monoisotopic (exact) mass is 750 g/mol. The molecule has 5 aliphatic rings. The first-order chi connectivity index (χ1) is 23.1. The number of rotatable bonds is 2. The molecule has 234 valence electrons. The number of halogens is 2. The second kappa shape index (κ2) is 10.3. The molecule has 3 nitrogen and oxygen atoms in total. The van der Waals surface area contributed by atoms with E-state index in [1.807, 2.05) is 18.2 Å². The Labute approximate surface area is 298 Å². The van der Waals surface area contributed by atoms with Gasteiger partial charge >= 0.3 is 0 Å². The second-order valence-electron chi connectivity index (χ2n) is 14.1. The Morgan fingerprint density at radius 2 is 1.17 bits per heavy atom. The zero-order valence-electron chi connectivity index (χ0n) is 27.2. The van der Waals surface area contributed by atoms with Gasteiger partial charge in [0.15, 0.2) is 5.78 Å². The molecule has 48 heavy (non-hydrogen) atoms. The van der Waals surface area contributed by atoms with E-state index in [1.165, 1.54) is 33.7 Å². The molecule has 2 heterocycles.